The van der Waals surface area contributed by atoms with Gasteiger partial charge in [0.2, 0.25) is 5.91 Å². The van der Waals surface area contributed by atoms with E-state index in [1.807, 2.05) is 17.0 Å². The molecule has 4 nitrogen and oxygen atoms in total. The molecule has 1 amide bonds. The topological polar surface area (TPSA) is 46.6 Å². The molecule has 0 N–H and O–H groups in total. The normalized spacial score (nSPS) is 22.1. The van der Waals surface area contributed by atoms with Crippen molar-refractivity contribution in [3.05, 3.63) is 51.7 Å². The van der Waals surface area contributed by atoms with Crippen molar-refractivity contribution in [1.29, 1.82) is 0 Å². The number of nitrogens with zero attached hydrogens (tertiary/aromatic N) is 1. The van der Waals surface area contributed by atoms with Gasteiger partial charge in [-0.25, -0.2) is 4.79 Å². The van der Waals surface area contributed by atoms with Gasteiger partial charge in [-0.05, 0) is 61.0 Å². The third-order valence-electron chi connectivity index (χ3n) is 4.65. The zero-order chi connectivity index (χ0) is 16.0. The van der Waals surface area contributed by atoms with Gasteiger partial charge in [0.15, 0.2) is 0 Å². The number of aryl methyl sites for hydroxylation is 1. The lowest BCUT2D eigenvalue weighted by molar-refractivity contribution is -0.131. The molecule has 2 heterocycles. The Labute approximate surface area is 138 Å². The van der Waals surface area contributed by atoms with Gasteiger partial charge in [0.05, 0.1) is 24.1 Å². The van der Waals surface area contributed by atoms with E-state index in [4.69, 9.17) is 4.74 Å². The monoisotopic (exact) mass is 327 g/mol. The summed E-state index contributed by atoms with van der Waals surface area (Å²) < 4.78 is 4.99. The first-order valence-corrected chi connectivity index (χ1v) is 8.75. The Morgan fingerprint density at radius 3 is 2.83 bits per heavy atom. The summed E-state index contributed by atoms with van der Waals surface area (Å²) in [4.78, 5) is 27.5. The molecule has 0 bridgehead atoms. The molecule has 118 valence electrons. The van der Waals surface area contributed by atoms with Crippen molar-refractivity contribution in [3.63, 3.8) is 0 Å². The van der Waals surface area contributed by atoms with E-state index in [0.717, 1.165) is 18.5 Å². The fourth-order valence-corrected chi connectivity index (χ4v) is 4.49. The van der Waals surface area contributed by atoms with Crippen LogP contribution in [-0.4, -0.2) is 18.5 Å². The number of thiophene rings is 1. The highest BCUT2D eigenvalue weighted by molar-refractivity contribution is 7.10. The zero-order valence-electron chi connectivity index (χ0n) is 12.8. The Morgan fingerprint density at radius 1 is 1.30 bits per heavy atom. The third-order valence-corrected chi connectivity index (χ3v) is 5.65. The molecule has 2 aromatic rings. The summed E-state index contributed by atoms with van der Waals surface area (Å²) in [6.07, 6.45) is 1.95. The second-order valence-electron chi connectivity index (χ2n) is 5.86. The van der Waals surface area contributed by atoms with Crippen LogP contribution in [0.5, 0.6) is 0 Å². The van der Waals surface area contributed by atoms with Gasteiger partial charge < -0.3 is 9.64 Å². The molecule has 4 rings (SSSR count). The summed E-state index contributed by atoms with van der Waals surface area (Å²) in [6.45, 7) is 2.14. The van der Waals surface area contributed by atoms with Crippen LogP contribution in [0, 0.1) is 5.92 Å². The number of carbonyl (C=O) groups is 2. The molecule has 0 spiro atoms. The highest BCUT2D eigenvalue weighted by atomic mass is 32.1. The van der Waals surface area contributed by atoms with Gasteiger partial charge >= 0.3 is 5.97 Å². The van der Waals surface area contributed by atoms with Crippen molar-refractivity contribution < 1.29 is 14.3 Å². The minimum absolute atomic E-state index is 0.113. The molecule has 1 aliphatic heterocycles. The number of esters is 1. The first-order chi connectivity index (χ1) is 11.2. The molecule has 23 heavy (non-hydrogen) atoms. The van der Waals surface area contributed by atoms with Crippen LogP contribution in [0.1, 0.15) is 40.2 Å². The van der Waals surface area contributed by atoms with Crippen molar-refractivity contribution in [1.82, 2.24) is 0 Å². The molecule has 1 aromatic heterocycles. The zero-order valence-corrected chi connectivity index (χ0v) is 13.6. The van der Waals surface area contributed by atoms with Crippen molar-refractivity contribution in [2.75, 3.05) is 11.5 Å². The van der Waals surface area contributed by atoms with E-state index < -0.39 is 0 Å². The lowest BCUT2D eigenvalue weighted by Gasteiger charge is -2.49. The molecule has 2 atom stereocenters. The number of β-lactam (4-membered cyclic amide) rings is 1. The van der Waals surface area contributed by atoms with Crippen LogP contribution in [0.3, 0.4) is 0 Å². The van der Waals surface area contributed by atoms with Gasteiger partial charge in [0.25, 0.3) is 0 Å². The number of amides is 1. The molecule has 1 aromatic carbocycles. The SMILES string of the molecule is CCOC(=O)c1ccc(N2C(=O)[C@H]3CCc4sccc4[C@H]32)cc1. The summed E-state index contributed by atoms with van der Waals surface area (Å²) in [5, 5.41) is 2.11. The smallest absolute Gasteiger partial charge is 0.338 e. The molecule has 0 saturated carbocycles. The molecule has 1 aliphatic carbocycles. The lowest BCUT2D eigenvalue weighted by Crippen LogP contribution is -2.56. The van der Waals surface area contributed by atoms with E-state index >= 15 is 0 Å². The molecule has 0 radical (unpaired) electrons. The van der Waals surface area contributed by atoms with E-state index in [-0.39, 0.29) is 23.8 Å². The summed E-state index contributed by atoms with van der Waals surface area (Å²) >= 11 is 1.78. The first-order valence-electron chi connectivity index (χ1n) is 7.87. The average molecular weight is 327 g/mol. The maximum Gasteiger partial charge on any atom is 0.338 e. The van der Waals surface area contributed by atoms with Gasteiger partial charge in [-0.15, -0.1) is 11.3 Å². The van der Waals surface area contributed by atoms with Gasteiger partial charge in [-0.1, -0.05) is 0 Å². The van der Waals surface area contributed by atoms with Crippen LogP contribution in [-0.2, 0) is 16.0 Å². The van der Waals surface area contributed by atoms with Gasteiger partial charge in [0.1, 0.15) is 0 Å². The molecule has 5 heteroatoms. The maximum absolute atomic E-state index is 12.5. The van der Waals surface area contributed by atoms with E-state index in [0.29, 0.717) is 12.2 Å². The summed E-state index contributed by atoms with van der Waals surface area (Å²) in [6, 6.07) is 9.42. The van der Waals surface area contributed by atoms with Gasteiger partial charge in [-0.3, -0.25) is 4.79 Å². The number of benzene rings is 1. The Kier molecular flexibility index (Phi) is 3.45. The van der Waals surface area contributed by atoms with Crippen LogP contribution in [0.25, 0.3) is 0 Å². The Bertz CT molecular complexity index is 765. The molecule has 0 unspecified atom stereocenters. The van der Waals surface area contributed by atoms with Crippen LogP contribution in [0.2, 0.25) is 0 Å². The average Bonchev–Trinajstić information content (AvgIpc) is 3.03. The summed E-state index contributed by atoms with van der Waals surface area (Å²) in [5.74, 6) is -0.0257. The molecule has 2 aliphatic rings. The van der Waals surface area contributed by atoms with Crippen LogP contribution < -0.4 is 4.90 Å². The first kappa shape index (κ1) is 14.5. The largest absolute Gasteiger partial charge is 0.462 e. The predicted molar refractivity (Wildman–Crippen MR) is 88.8 cm³/mol. The standard InChI is InChI=1S/C18H17NO3S/c1-2-22-18(21)11-3-5-12(6-4-11)19-16-13-9-10-23-15(13)8-7-14(16)17(19)20/h3-6,9-10,14,16H,2,7-8H2,1H3/t14-,16+/m0/s1. The lowest BCUT2D eigenvalue weighted by atomic mass is 9.75. The fraction of sp³-hybridized carbons (Fsp3) is 0.333. The van der Waals surface area contributed by atoms with Crippen LogP contribution >= 0.6 is 11.3 Å². The highest BCUT2D eigenvalue weighted by Crippen LogP contribution is 2.50. The summed E-state index contributed by atoms with van der Waals surface area (Å²) in [5.41, 5.74) is 2.66. The molecule has 1 saturated heterocycles. The van der Waals surface area contributed by atoms with Crippen molar-refractivity contribution >= 4 is 28.9 Å². The quantitative estimate of drug-likeness (QED) is 0.639. The van der Waals surface area contributed by atoms with Crippen molar-refractivity contribution in [3.8, 4) is 0 Å². The number of ether oxygens (including phenoxy) is 1. The Morgan fingerprint density at radius 2 is 2.09 bits per heavy atom. The Balaban J connectivity index is 1.62. The second kappa shape index (κ2) is 5.49. The number of carbonyl (C=O) groups excluding carboxylic acids is 2. The van der Waals surface area contributed by atoms with Crippen molar-refractivity contribution in [2.24, 2.45) is 5.92 Å². The highest BCUT2D eigenvalue weighted by Gasteiger charge is 2.51. The number of rotatable bonds is 3. The second-order valence-corrected chi connectivity index (χ2v) is 6.87. The number of hydrogen-bond acceptors (Lipinski definition) is 4. The third kappa shape index (κ3) is 2.18. The van der Waals surface area contributed by atoms with Crippen LogP contribution in [0.4, 0.5) is 5.69 Å². The van der Waals surface area contributed by atoms with Crippen molar-refractivity contribution in [2.45, 2.75) is 25.8 Å². The van der Waals surface area contributed by atoms with Gasteiger partial charge in [0, 0.05) is 10.6 Å². The predicted octanol–water partition coefficient (Wildman–Crippen LogP) is 3.58. The van der Waals surface area contributed by atoms with E-state index in [1.165, 1.54) is 10.4 Å². The minimum atomic E-state index is -0.329. The van der Waals surface area contributed by atoms with E-state index in [2.05, 4.69) is 11.4 Å². The Hall–Kier alpha value is -2.14. The molecular formula is C18H17NO3S. The number of hydrogen-bond donors (Lipinski definition) is 0. The minimum Gasteiger partial charge on any atom is -0.462 e. The molecule has 1 fully saturated rings. The fourth-order valence-electron chi connectivity index (χ4n) is 3.55. The van der Waals surface area contributed by atoms with E-state index in [9.17, 15) is 9.59 Å². The molecular weight excluding hydrogens is 310 g/mol. The van der Waals surface area contributed by atoms with Gasteiger partial charge in [-0.2, -0.15) is 0 Å². The maximum atomic E-state index is 12.5. The summed E-state index contributed by atoms with van der Waals surface area (Å²) in [7, 11) is 0. The number of fused-ring (bicyclic) bond motifs is 3. The number of anilines is 1. The van der Waals surface area contributed by atoms with E-state index in [1.54, 1.807) is 30.4 Å². The van der Waals surface area contributed by atoms with Crippen LogP contribution in [0.15, 0.2) is 35.7 Å².